The summed E-state index contributed by atoms with van der Waals surface area (Å²) in [5, 5.41) is 1.29. The Bertz CT molecular complexity index is 753. The Morgan fingerprint density at radius 1 is 1.27 bits per heavy atom. The van der Waals surface area contributed by atoms with Crippen LogP contribution >= 0.6 is 11.6 Å². The van der Waals surface area contributed by atoms with E-state index in [1.165, 1.54) is 0 Å². The summed E-state index contributed by atoms with van der Waals surface area (Å²) in [7, 11) is 0. The minimum Gasteiger partial charge on any atom is -0.412 e. The van der Waals surface area contributed by atoms with Crippen molar-refractivity contribution in [2.45, 2.75) is 13.3 Å². The smallest absolute Gasteiger partial charge is 0.350 e. The topological polar surface area (TPSA) is 116 Å². The maximum Gasteiger partial charge on any atom is 0.350 e. The predicted molar refractivity (Wildman–Crippen MR) is 80.5 cm³/mol. The zero-order valence-corrected chi connectivity index (χ0v) is 12.3. The molecule has 0 saturated heterocycles. The summed E-state index contributed by atoms with van der Waals surface area (Å²) in [4.78, 5) is 42.2. The molecule has 2 rings (SSSR count). The van der Waals surface area contributed by atoms with E-state index in [4.69, 9.17) is 16.4 Å². The zero-order chi connectivity index (χ0) is 15.4. The molecule has 1 heterocycles. The van der Waals surface area contributed by atoms with Gasteiger partial charge in [-0.05, 0) is 24.3 Å². The van der Waals surface area contributed by atoms with Gasteiger partial charge in [0.05, 0.1) is 0 Å². The lowest BCUT2D eigenvalue weighted by atomic mass is 10.3. The van der Waals surface area contributed by atoms with Crippen LogP contribution in [-0.2, 0) is 4.79 Å². The first-order chi connectivity index (χ1) is 10.0. The summed E-state index contributed by atoms with van der Waals surface area (Å²) in [5.41, 5.74) is -1.34. The van der Waals surface area contributed by atoms with Crippen LogP contribution in [0.25, 0.3) is 0 Å². The number of carbonyl (C=O) groups is 1. The van der Waals surface area contributed by atoms with Gasteiger partial charge >= 0.3 is 5.69 Å². The van der Waals surface area contributed by atoms with E-state index in [9.17, 15) is 14.4 Å². The molecule has 118 valence electrons. The first-order valence-electron chi connectivity index (χ1n) is 6.10. The molecule has 8 nitrogen and oxygen atoms in total. The summed E-state index contributed by atoms with van der Waals surface area (Å²) in [6.45, 7) is 1.62. The molecule has 0 aliphatic heterocycles. The summed E-state index contributed by atoms with van der Waals surface area (Å²) >= 11 is 5.77. The SMILES string of the molecule is CCC(=O)N(Oc1ccc(Cl)cc1)n1ccc(=O)[nH]c1=O.O. The zero-order valence-electron chi connectivity index (χ0n) is 11.6. The molecule has 0 aliphatic rings. The number of carbonyl (C=O) groups excluding carboxylic acids is 1. The van der Waals surface area contributed by atoms with E-state index < -0.39 is 17.2 Å². The van der Waals surface area contributed by atoms with Crippen molar-refractivity contribution < 1.29 is 15.1 Å². The van der Waals surface area contributed by atoms with Gasteiger partial charge in [-0.3, -0.25) is 14.6 Å². The minimum absolute atomic E-state index is 0. The Labute approximate surface area is 129 Å². The number of nitrogens with one attached hydrogen (secondary N) is 1. The van der Waals surface area contributed by atoms with E-state index >= 15 is 0 Å². The van der Waals surface area contributed by atoms with E-state index in [1.54, 1.807) is 31.2 Å². The van der Waals surface area contributed by atoms with Gasteiger partial charge in [-0.25, -0.2) is 4.79 Å². The molecule has 0 fully saturated rings. The fraction of sp³-hybridized carbons (Fsp3) is 0.154. The number of hydroxylamine groups is 1. The van der Waals surface area contributed by atoms with Crippen molar-refractivity contribution in [3.05, 3.63) is 62.4 Å². The number of aromatic nitrogens is 2. The first-order valence-corrected chi connectivity index (χ1v) is 6.48. The second-order valence-corrected chi connectivity index (χ2v) is 4.46. The fourth-order valence-electron chi connectivity index (χ4n) is 1.50. The largest absolute Gasteiger partial charge is 0.412 e. The normalized spacial score (nSPS) is 9.73. The molecule has 0 spiro atoms. The van der Waals surface area contributed by atoms with Gasteiger partial charge in [0.2, 0.25) is 0 Å². The minimum atomic E-state index is -0.779. The molecule has 9 heteroatoms. The van der Waals surface area contributed by atoms with Crippen molar-refractivity contribution in [1.82, 2.24) is 9.66 Å². The van der Waals surface area contributed by atoms with Crippen LogP contribution in [0.5, 0.6) is 5.75 Å². The molecular weight excluding hydrogens is 314 g/mol. The third kappa shape index (κ3) is 3.96. The molecule has 0 radical (unpaired) electrons. The Kier molecular flexibility index (Phi) is 5.90. The molecule has 1 amide bonds. The Hall–Kier alpha value is -2.58. The quantitative estimate of drug-likeness (QED) is 0.809. The van der Waals surface area contributed by atoms with Crippen LogP contribution in [0.1, 0.15) is 13.3 Å². The van der Waals surface area contributed by atoms with Crippen LogP contribution in [0.2, 0.25) is 5.02 Å². The fourth-order valence-corrected chi connectivity index (χ4v) is 1.62. The third-order valence-electron chi connectivity index (χ3n) is 2.52. The van der Waals surface area contributed by atoms with Crippen molar-refractivity contribution in [2.24, 2.45) is 0 Å². The molecule has 2 aromatic rings. The summed E-state index contributed by atoms with van der Waals surface area (Å²) in [5.74, 6) is -0.140. The van der Waals surface area contributed by atoms with Crippen molar-refractivity contribution >= 4 is 17.5 Å². The summed E-state index contributed by atoms with van der Waals surface area (Å²) in [6, 6.07) is 7.38. The van der Waals surface area contributed by atoms with Crippen molar-refractivity contribution in [1.29, 1.82) is 0 Å². The maximum atomic E-state index is 11.9. The molecule has 22 heavy (non-hydrogen) atoms. The molecule has 1 aromatic carbocycles. The Balaban J connectivity index is 0.00000242. The van der Waals surface area contributed by atoms with Gasteiger partial charge in [0.1, 0.15) is 0 Å². The standard InChI is InChI=1S/C13H12ClN3O4.H2O/c1-2-12(19)17(16-8-7-11(18)15-13(16)20)21-10-5-3-9(14)4-6-10;/h3-8H,2H2,1H3,(H,15,18,20);1H2. The van der Waals surface area contributed by atoms with Gasteiger partial charge in [-0.2, -0.15) is 4.68 Å². The second kappa shape index (κ2) is 7.43. The number of hydrogen-bond acceptors (Lipinski definition) is 4. The summed E-state index contributed by atoms with van der Waals surface area (Å²) in [6.07, 6.45) is 1.27. The van der Waals surface area contributed by atoms with Gasteiger partial charge in [0.25, 0.3) is 11.5 Å². The number of amides is 1. The Morgan fingerprint density at radius 3 is 2.45 bits per heavy atom. The van der Waals surface area contributed by atoms with Gasteiger partial charge in [0, 0.05) is 23.7 Å². The Morgan fingerprint density at radius 2 is 1.91 bits per heavy atom. The van der Waals surface area contributed by atoms with Crippen molar-refractivity contribution in [3.8, 4) is 5.75 Å². The first kappa shape index (κ1) is 17.5. The van der Waals surface area contributed by atoms with Crippen LogP contribution < -0.4 is 21.3 Å². The molecule has 0 aliphatic carbocycles. The van der Waals surface area contributed by atoms with Crippen molar-refractivity contribution in [2.75, 3.05) is 5.17 Å². The highest BCUT2D eigenvalue weighted by Crippen LogP contribution is 2.16. The monoisotopic (exact) mass is 327 g/mol. The van der Waals surface area contributed by atoms with E-state index in [2.05, 4.69) is 0 Å². The number of rotatable bonds is 4. The molecule has 0 unspecified atom stereocenters. The van der Waals surface area contributed by atoms with Crippen LogP contribution in [0.15, 0.2) is 46.1 Å². The van der Waals surface area contributed by atoms with Crippen LogP contribution in [0.4, 0.5) is 0 Å². The van der Waals surface area contributed by atoms with Crippen LogP contribution in [0.3, 0.4) is 0 Å². The lowest BCUT2D eigenvalue weighted by molar-refractivity contribution is -0.125. The average Bonchev–Trinajstić information content (AvgIpc) is 2.47. The number of aromatic amines is 1. The second-order valence-electron chi connectivity index (χ2n) is 4.02. The maximum absolute atomic E-state index is 11.9. The highest BCUT2D eigenvalue weighted by molar-refractivity contribution is 6.30. The van der Waals surface area contributed by atoms with Gasteiger partial charge < -0.3 is 10.3 Å². The lowest BCUT2D eigenvalue weighted by Crippen LogP contribution is -2.50. The van der Waals surface area contributed by atoms with E-state index in [0.717, 1.165) is 22.1 Å². The average molecular weight is 328 g/mol. The highest BCUT2D eigenvalue weighted by Gasteiger charge is 2.17. The number of hydrogen-bond donors (Lipinski definition) is 1. The lowest BCUT2D eigenvalue weighted by Gasteiger charge is -2.22. The van der Waals surface area contributed by atoms with Gasteiger partial charge in [-0.1, -0.05) is 23.7 Å². The molecule has 0 saturated carbocycles. The van der Waals surface area contributed by atoms with E-state index in [-0.39, 0.29) is 11.9 Å². The molecule has 0 bridgehead atoms. The van der Waals surface area contributed by atoms with Gasteiger partial charge in [-0.15, -0.1) is 0 Å². The molecular formula is C13H14ClN3O5. The highest BCUT2D eigenvalue weighted by atomic mass is 35.5. The number of H-pyrrole nitrogens is 1. The van der Waals surface area contributed by atoms with E-state index in [0.29, 0.717) is 10.8 Å². The van der Waals surface area contributed by atoms with Crippen LogP contribution in [-0.4, -0.2) is 21.0 Å². The van der Waals surface area contributed by atoms with Crippen molar-refractivity contribution in [3.63, 3.8) is 0 Å². The summed E-state index contributed by atoms with van der Waals surface area (Å²) < 4.78 is 0.877. The third-order valence-corrected chi connectivity index (χ3v) is 2.77. The number of nitrogens with zero attached hydrogens (tertiary/aromatic N) is 2. The predicted octanol–water partition coefficient (Wildman–Crippen LogP) is 0.234. The van der Waals surface area contributed by atoms with Crippen LogP contribution in [0, 0.1) is 0 Å². The van der Waals surface area contributed by atoms with Gasteiger partial charge in [0.15, 0.2) is 5.75 Å². The molecule has 3 N–H and O–H groups in total. The number of halogens is 1. The van der Waals surface area contributed by atoms with E-state index in [1.807, 2.05) is 4.98 Å². The number of benzene rings is 1. The molecule has 0 atom stereocenters. The molecule has 1 aromatic heterocycles.